The number of nitrogens with zero attached hydrogens (tertiary/aromatic N) is 3. The van der Waals surface area contributed by atoms with E-state index in [-0.39, 0.29) is 41.5 Å². The molecule has 2 heterocycles. The molecule has 0 bridgehead atoms. The highest BCUT2D eigenvalue weighted by Gasteiger charge is 2.34. The molecule has 0 saturated carbocycles. The molecule has 1 aromatic carbocycles. The molecule has 1 aliphatic carbocycles. The highest BCUT2D eigenvalue weighted by molar-refractivity contribution is 7.90. The first kappa shape index (κ1) is 33.7. The monoisotopic (exact) mass is 641 g/mol. The number of carbonyl (C=O) groups is 1. The lowest BCUT2D eigenvalue weighted by atomic mass is 9.75. The van der Waals surface area contributed by atoms with E-state index in [0.29, 0.717) is 38.0 Å². The summed E-state index contributed by atoms with van der Waals surface area (Å²) >= 11 is 0. The number of piperidine rings is 2. The zero-order valence-corrected chi connectivity index (χ0v) is 27.1. The standard InChI is InChI=1S/C31H45F2N3O5S2/c1-4-36(31(37)19-23-6-5-7-29(18-23)42(2,38)39)28-10-13-34(14-11-28)15-12-30(25-20-26(32)22-27(33)21-25)24-8-16-35(17-9-24)43(3,40)41/h5-7,18,20,22,24,27-28,30H,4,8-17,19,21H2,1-3H3. The highest BCUT2D eigenvalue weighted by atomic mass is 32.2. The number of amides is 1. The third-order valence-electron chi connectivity index (χ3n) is 9.20. The smallest absolute Gasteiger partial charge is 0.227 e. The first-order chi connectivity index (χ1) is 20.2. The second-order valence-electron chi connectivity index (χ2n) is 12.2. The van der Waals surface area contributed by atoms with Crippen LogP contribution in [-0.2, 0) is 31.1 Å². The van der Waals surface area contributed by atoms with Crippen molar-refractivity contribution in [1.82, 2.24) is 14.1 Å². The molecule has 43 heavy (non-hydrogen) atoms. The van der Waals surface area contributed by atoms with Crippen molar-refractivity contribution in [2.45, 2.75) is 69.0 Å². The molecule has 2 unspecified atom stereocenters. The van der Waals surface area contributed by atoms with Crippen LogP contribution in [0.5, 0.6) is 0 Å². The fourth-order valence-electron chi connectivity index (χ4n) is 6.91. The van der Waals surface area contributed by atoms with Gasteiger partial charge in [-0.1, -0.05) is 17.7 Å². The van der Waals surface area contributed by atoms with Gasteiger partial charge in [0.2, 0.25) is 15.9 Å². The van der Waals surface area contributed by atoms with Crippen LogP contribution >= 0.6 is 0 Å². The molecule has 0 N–H and O–H groups in total. The van der Waals surface area contributed by atoms with Gasteiger partial charge in [0.15, 0.2) is 9.84 Å². The number of hydrogen-bond donors (Lipinski definition) is 0. The van der Waals surface area contributed by atoms with E-state index >= 15 is 0 Å². The van der Waals surface area contributed by atoms with Crippen molar-refractivity contribution in [2.24, 2.45) is 11.8 Å². The van der Waals surface area contributed by atoms with Gasteiger partial charge in [0.25, 0.3) is 0 Å². The highest BCUT2D eigenvalue weighted by Crippen LogP contribution is 2.38. The minimum absolute atomic E-state index is 0.0199. The van der Waals surface area contributed by atoms with Gasteiger partial charge in [0.05, 0.1) is 17.6 Å². The van der Waals surface area contributed by atoms with Crippen molar-refractivity contribution >= 4 is 25.8 Å². The van der Waals surface area contributed by atoms with E-state index in [2.05, 4.69) is 4.90 Å². The van der Waals surface area contributed by atoms with E-state index in [1.807, 2.05) is 11.8 Å². The minimum Gasteiger partial charge on any atom is -0.340 e. The van der Waals surface area contributed by atoms with Crippen LogP contribution < -0.4 is 0 Å². The zero-order valence-electron chi connectivity index (χ0n) is 25.4. The third kappa shape index (κ3) is 9.18. The van der Waals surface area contributed by atoms with Gasteiger partial charge in [0, 0.05) is 51.4 Å². The number of sulfone groups is 1. The molecule has 12 heteroatoms. The quantitative estimate of drug-likeness (QED) is 0.361. The number of alkyl halides is 1. The van der Waals surface area contributed by atoms with Gasteiger partial charge < -0.3 is 9.80 Å². The zero-order chi connectivity index (χ0) is 31.4. The van der Waals surface area contributed by atoms with E-state index in [4.69, 9.17) is 0 Å². The van der Waals surface area contributed by atoms with Crippen LogP contribution in [0, 0.1) is 11.8 Å². The fourth-order valence-corrected chi connectivity index (χ4v) is 8.48. The molecule has 1 aromatic rings. The lowest BCUT2D eigenvalue weighted by Crippen LogP contribution is -2.48. The average Bonchev–Trinajstić information content (AvgIpc) is 2.93. The molecule has 2 saturated heterocycles. The van der Waals surface area contributed by atoms with Gasteiger partial charge in [-0.15, -0.1) is 0 Å². The molecular weight excluding hydrogens is 596 g/mol. The number of benzene rings is 1. The number of rotatable bonds is 11. The second-order valence-corrected chi connectivity index (χ2v) is 16.2. The number of halogens is 2. The Morgan fingerprint density at radius 1 is 1.05 bits per heavy atom. The molecule has 2 atom stereocenters. The Morgan fingerprint density at radius 3 is 2.30 bits per heavy atom. The molecule has 8 nitrogen and oxygen atoms in total. The third-order valence-corrected chi connectivity index (χ3v) is 11.6. The average molecular weight is 642 g/mol. The molecule has 240 valence electrons. The Bertz CT molecular complexity index is 1410. The predicted molar refractivity (Wildman–Crippen MR) is 164 cm³/mol. The number of likely N-dealkylation sites (tertiary alicyclic amines) is 1. The maximum atomic E-state index is 14.3. The molecule has 0 aromatic heterocycles. The van der Waals surface area contributed by atoms with Crippen LogP contribution in [0.2, 0.25) is 0 Å². The molecular formula is C31H45F2N3O5S2. The van der Waals surface area contributed by atoms with Crippen LogP contribution in [0.25, 0.3) is 0 Å². The Hall–Kier alpha value is -2.15. The topological polar surface area (TPSA) is 95.1 Å². The van der Waals surface area contributed by atoms with E-state index in [1.165, 1.54) is 22.7 Å². The fraction of sp³-hybridized carbons (Fsp3) is 0.645. The van der Waals surface area contributed by atoms with Crippen molar-refractivity contribution in [3.05, 3.63) is 53.4 Å². The minimum atomic E-state index is -3.35. The van der Waals surface area contributed by atoms with Gasteiger partial charge in [-0.2, -0.15) is 0 Å². The van der Waals surface area contributed by atoms with E-state index < -0.39 is 31.9 Å². The maximum absolute atomic E-state index is 14.3. The van der Waals surface area contributed by atoms with Gasteiger partial charge in [-0.25, -0.2) is 29.9 Å². The van der Waals surface area contributed by atoms with Crippen LogP contribution in [0.1, 0.15) is 51.0 Å². The molecule has 4 rings (SSSR count). The lowest BCUT2D eigenvalue weighted by Gasteiger charge is -2.40. The molecule has 3 aliphatic rings. The van der Waals surface area contributed by atoms with Crippen molar-refractivity contribution in [3.63, 3.8) is 0 Å². The Kier molecular flexibility index (Phi) is 11.2. The number of sulfonamides is 1. The summed E-state index contributed by atoms with van der Waals surface area (Å²) in [6, 6.07) is 6.64. The SMILES string of the molecule is CCN(C(=O)Cc1cccc(S(C)(=O)=O)c1)C1CCN(CCC(C2=CC(F)=CC(F)C2)C2CCN(S(C)(=O)=O)CC2)CC1. The summed E-state index contributed by atoms with van der Waals surface area (Å²) in [5, 5.41) is 0. The Balaban J connectivity index is 1.35. The summed E-state index contributed by atoms with van der Waals surface area (Å²) in [6.07, 6.45) is 7.54. The summed E-state index contributed by atoms with van der Waals surface area (Å²) in [5.74, 6) is -0.421. The summed E-state index contributed by atoms with van der Waals surface area (Å²) < 4.78 is 78.0. The molecule has 1 amide bonds. The molecule has 2 fully saturated rings. The van der Waals surface area contributed by atoms with Crippen LogP contribution in [0.3, 0.4) is 0 Å². The van der Waals surface area contributed by atoms with Crippen LogP contribution in [0.15, 0.2) is 52.7 Å². The lowest BCUT2D eigenvalue weighted by molar-refractivity contribution is -0.133. The predicted octanol–water partition coefficient (Wildman–Crippen LogP) is 4.15. The van der Waals surface area contributed by atoms with Crippen molar-refractivity contribution in [3.8, 4) is 0 Å². The summed E-state index contributed by atoms with van der Waals surface area (Å²) in [6.45, 7) is 5.75. The van der Waals surface area contributed by atoms with Crippen molar-refractivity contribution in [2.75, 3.05) is 51.8 Å². The number of likely N-dealkylation sites (N-methyl/N-ethyl adjacent to an activating group) is 1. The summed E-state index contributed by atoms with van der Waals surface area (Å²) in [5.41, 5.74) is 1.46. The number of allylic oxidation sites excluding steroid dienone is 4. The first-order valence-corrected chi connectivity index (χ1v) is 19.0. The molecule has 2 aliphatic heterocycles. The molecule has 0 radical (unpaired) electrons. The number of hydrogen-bond acceptors (Lipinski definition) is 6. The normalized spacial score (nSPS) is 22.6. The van der Waals surface area contributed by atoms with Gasteiger partial charge in [-0.05, 0) is 87.3 Å². The van der Waals surface area contributed by atoms with Gasteiger partial charge in [0.1, 0.15) is 12.0 Å². The van der Waals surface area contributed by atoms with Crippen LogP contribution in [-0.4, -0.2) is 101 Å². The largest absolute Gasteiger partial charge is 0.340 e. The second kappa shape index (κ2) is 14.3. The van der Waals surface area contributed by atoms with E-state index in [9.17, 15) is 30.4 Å². The Labute approximate surface area is 255 Å². The first-order valence-electron chi connectivity index (χ1n) is 15.2. The van der Waals surface area contributed by atoms with Crippen molar-refractivity contribution in [1.29, 1.82) is 0 Å². The number of carbonyl (C=O) groups excluding carboxylic acids is 1. The van der Waals surface area contributed by atoms with Crippen molar-refractivity contribution < 1.29 is 30.4 Å². The van der Waals surface area contributed by atoms with E-state index in [1.54, 1.807) is 18.2 Å². The summed E-state index contributed by atoms with van der Waals surface area (Å²) in [7, 11) is -6.62. The van der Waals surface area contributed by atoms with Gasteiger partial charge >= 0.3 is 0 Å². The summed E-state index contributed by atoms with van der Waals surface area (Å²) in [4.78, 5) is 17.7. The van der Waals surface area contributed by atoms with Crippen LogP contribution in [0.4, 0.5) is 8.78 Å². The molecule has 0 spiro atoms. The maximum Gasteiger partial charge on any atom is 0.227 e. The Morgan fingerprint density at radius 2 is 1.72 bits per heavy atom. The van der Waals surface area contributed by atoms with E-state index in [0.717, 1.165) is 56.8 Å². The van der Waals surface area contributed by atoms with Gasteiger partial charge in [-0.3, -0.25) is 4.79 Å².